The summed E-state index contributed by atoms with van der Waals surface area (Å²) in [4.78, 5) is 2.64. The van der Waals surface area contributed by atoms with Crippen LogP contribution in [0.2, 0.25) is 0 Å². The highest BCUT2D eigenvalue weighted by Gasteiger charge is 2.47. The number of benzene rings is 8. The van der Waals surface area contributed by atoms with Crippen LogP contribution in [0.25, 0.3) is 71.5 Å². The van der Waals surface area contributed by atoms with Gasteiger partial charge in [-0.3, -0.25) is 0 Å². The highest BCUT2D eigenvalue weighted by molar-refractivity contribution is 6.23. The quantitative estimate of drug-likeness (QED) is 0.162. The van der Waals surface area contributed by atoms with E-state index in [1.54, 1.807) is 0 Å². The van der Waals surface area contributed by atoms with Crippen LogP contribution in [0, 0.1) is 0 Å². The maximum absolute atomic E-state index is 2.64. The Bertz CT molecular complexity index is 2990. The third kappa shape index (κ3) is 4.95. The smallest absolute Gasteiger partial charge is 0.0716 e. The predicted octanol–water partition coefficient (Wildman–Crippen LogP) is 14.1. The molecule has 0 amide bonds. The fourth-order valence-electron chi connectivity index (χ4n) is 9.26. The van der Waals surface area contributed by atoms with Crippen molar-refractivity contribution in [2.45, 2.75) is 18.9 Å². The van der Waals surface area contributed by atoms with E-state index in [1.165, 1.54) is 88.3 Å². The number of rotatable bonds is 5. The lowest BCUT2D eigenvalue weighted by molar-refractivity contribution is 0.609. The molecule has 8 aromatic carbocycles. The van der Waals surface area contributed by atoms with Crippen molar-refractivity contribution in [2.75, 3.05) is 4.90 Å². The van der Waals surface area contributed by atoms with Crippen molar-refractivity contribution in [1.82, 2.24) is 4.57 Å². The van der Waals surface area contributed by atoms with Crippen molar-refractivity contribution in [1.29, 1.82) is 0 Å². The van der Waals surface area contributed by atoms with E-state index in [9.17, 15) is 0 Å². The van der Waals surface area contributed by atoms with Gasteiger partial charge in [-0.15, -0.1) is 0 Å². The molecule has 0 saturated heterocycles. The third-order valence-electron chi connectivity index (χ3n) is 12.0. The standard InChI is InChI=1S/C53H38N2/c1-53-32-30-41(40-24-29-50-42(34-40)31-33-54(50)43-25-20-38(21-26-43)36-12-4-2-5-13-36)35-49(53)51-47-18-10-8-16-45(47)46-17-9-11-19-48(46)52(51)55(53)44-27-22-39(23-28-44)37-14-6-3-7-15-37/h2-31,33-35H,32H2,1H3. The number of nitrogens with zero attached hydrogens (tertiary/aromatic N) is 2. The Morgan fingerprint density at radius 1 is 0.473 bits per heavy atom. The minimum Gasteiger partial charge on any atom is -0.330 e. The summed E-state index contributed by atoms with van der Waals surface area (Å²) in [6, 6.07) is 66.5. The molecule has 0 spiro atoms. The van der Waals surface area contributed by atoms with E-state index in [-0.39, 0.29) is 5.54 Å². The Morgan fingerprint density at radius 3 is 1.65 bits per heavy atom. The predicted molar refractivity (Wildman–Crippen MR) is 233 cm³/mol. The summed E-state index contributed by atoms with van der Waals surface area (Å²) in [6.45, 7) is 2.44. The van der Waals surface area contributed by atoms with Crippen molar-refractivity contribution in [3.63, 3.8) is 0 Å². The summed E-state index contributed by atoms with van der Waals surface area (Å²) in [6.07, 6.45) is 8.04. The second kappa shape index (κ2) is 12.3. The topological polar surface area (TPSA) is 8.17 Å². The fraction of sp³-hybridized carbons (Fsp3) is 0.0566. The Balaban J connectivity index is 1.03. The molecule has 0 N–H and O–H groups in total. The van der Waals surface area contributed by atoms with Crippen LogP contribution in [-0.2, 0) is 0 Å². The van der Waals surface area contributed by atoms with E-state index >= 15 is 0 Å². The first kappa shape index (κ1) is 31.6. The molecule has 0 bridgehead atoms. The number of hydrogen-bond donors (Lipinski definition) is 0. The van der Waals surface area contributed by atoms with E-state index in [1.807, 2.05) is 0 Å². The first-order valence-corrected chi connectivity index (χ1v) is 19.2. The van der Waals surface area contributed by atoms with Gasteiger partial charge < -0.3 is 9.47 Å². The van der Waals surface area contributed by atoms with Crippen LogP contribution >= 0.6 is 0 Å². The molecule has 55 heavy (non-hydrogen) atoms. The van der Waals surface area contributed by atoms with E-state index in [0.717, 1.165) is 12.1 Å². The summed E-state index contributed by atoms with van der Waals surface area (Å²) >= 11 is 0. The van der Waals surface area contributed by atoms with Crippen LogP contribution < -0.4 is 4.90 Å². The summed E-state index contributed by atoms with van der Waals surface area (Å²) in [5, 5.41) is 6.44. The first-order valence-electron chi connectivity index (χ1n) is 19.2. The molecule has 2 aliphatic rings. The van der Waals surface area contributed by atoms with Gasteiger partial charge in [0.1, 0.15) is 0 Å². The maximum Gasteiger partial charge on any atom is 0.0716 e. The molecule has 1 atom stereocenters. The van der Waals surface area contributed by atoms with Gasteiger partial charge in [-0.25, -0.2) is 0 Å². The number of allylic oxidation sites excluding steroid dienone is 2. The Kier molecular flexibility index (Phi) is 7.09. The Hall–Kier alpha value is -6.90. The highest BCUT2D eigenvalue weighted by atomic mass is 15.2. The largest absolute Gasteiger partial charge is 0.330 e. The molecule has 11 rings (SSSR count). The van der Waals surface area contributed by atoms with Gasteiger partial charge in [0.2, 0.25) is 0 Å². The number of hydrogen-bond acceptors (Lipinski definition) is 1. The average Bonchev–Trinajstić information content (AvgIpc) is 3.80. The molecule has 1 aliphatic heterocycles. The van der Waals surface area contributed by atoms with Crippen LogP contribution in [0.1, 0.15) is 24.5 Å². The summed E-state index contributed by atoms with van der Waals surface area (Å²) in [5.74, 6) is 0. The van der Waals surface area contributed by atoms with Gasteiger partial charge in [-0.1, -0.05) is 146 Å². The normalized spacial score (nSPS) is 16.3. The van der Waals surface area contributed by atoms with E-state index < -0.39 is 0 Å². The lowest BCUT2D eigenvalue weighted by atomic mass is 9.78. The van der Waals surface area contributed by atoms with Gasteiger partial charge in [0.25, 0.3) is 0 Å². The van der Waals surface area contributed by atoms with Gasteiger partial charge in [-0.2, -0.15) is 0 Å². The molecule has 260 valence electrons. The summed E-state index contributed by atoms with van der Waals surface area (Å²) in [5.41, 5.74) is 14.8. The van der Waals surface area contributed by atoms with Crippen molar-refractivity contribution >= 4 is 55.0 Å². The highest BCUT2D eigenvalue weighted by Crippen LogP contribution is 2.59. The third-order valence-corrected chi connectivity index (χ3v) is 12.0. The maximum atomic E-state index is 2.64. The monoisotopic (exact) mass is 702 g/mol. The van der Waals surface area contributed by atoms with Crippen molar-refractivity contribution in [2.24, 2.45) is 0 Å². The minimum absolute atomic E-state index is 0.271. The minimum atomic E-state index is -0.271. The molecule has 0 fully saturated rings. The van der Waals surface area contributed by atoms with Crippen molar-refractivity contribution in [3.8, 4) is 27.9 Å². The van der Waals surface area contributed by atoms with E-state index in [0.29, 0.717) is 0 Å². The lowest BCUT2D eigenvalue weighted by Crippen LogP contribution is -2.40. The van der Waals surface area contributed by atoms with Crippen LogP contribution in [0.5, 0.6) is 0 Å². The van der Waals surface area contributed by atoms with Crippen LogP contribution in [0.4, 0.5) is 11.4 Å². The first-order chi connectivity index (χ1) is 27.1. The molecule has 1 aliphatic carbocycles. The number of anilines is 2. The number of aromatic nitrogens is 1. The van der Waals surface area contributed by atoms with Gasteiger partial charge in [0, 0.05) is 33.9 Å². The lowest BCUT2D eigenvalue weighted by Gasteiger charge is -2.40. The Labute approximate surface area is 321 Å². The average molecular weight is 703 g/mol. The molecule has 0 radical (unpaired) electrons. The molecular weight excluding hydrogens is 665 g/mol. The van der Waals surface area contributed by atoms with Crippen molar-refractivity contribution < 1.29 is 0 Å². The fourth-order valence-corrected chi connectivity index (χ4v) is 9.26. The van der Waals surface area contributed by atoms with Gasteiger partial charge in [0.15, 0.2) is 0 Å². The van der Waals surface area contributed by atoms with Gasteiger partial charge in [0.05, 0.1) is 16.7 Å². The second-order valence-corrected chi connectivity index (χ2v) is 15.1. The zero-order valence-corrected chi connectivity index (χ0v) is 30.7. The van der Waals surface area contributed by atoms with Crippen LogP contribution in [-0.4, -0.2) is 10.1 Å². The molecule has 0 saturated carbocycles. The summed E-state index contributed by atoms with van der Waals surface area (Å²) < 4.78 is 2.30. The van der Waals surface area contributed by atoms with E-state index in [2.05, 4.69) is 217 Å². The van der Waals surface area contributed by atoms with E-state index in [4.69, 9.17) is 0 Å². The van der Waals surface area contributed by atoms with Gasteiger partial charge >= 0.3 is 0 Å². The molecule has 2 heteroatoms. The molecule has 2 nitrogen and oxygen atoms in total. The van der Waals surface area contributed by atoms with Crippen molar-refractivity contribution in [3.05, 3.63) is 211 Å². The molecule has 1 unspecified atom stereocenters. The second-order valence-electron chi connectivity index (χ2n) is 15.1. The molecule has 1 aromatic heterocycles. The molecule has 2 heterocycles. The summed E-state index contributed by atoms with van der Waals surface area (Å²) in [7, 11) is 0. The van der Waals surface area contributed by atoms with Gasteiger partial charge in [-0.05, 0) is 117 Å². The molecular formula is C53H38N2. The molecule has 9 aromatic rings. The number of fused-ring (bicyclic) bond motifs is 9. The Morgan fingerprint density at radius 2 is 1.00 bits per heavy atom. The SMILES string of the molecule is CC12CC=C(c3ccc4c(ccn4-c4ccc(-c5ccccc5)cc4)c3)C=C1c1c(c3ccccc3c3ccccc13)N2c1ccc(-c2ccccc2)cc1. The van der Waals surface area contributed by atoms with Crippen LogP contribution in [0.3, 0.4) is 0 Å². The zero-order chi connectivity index (χ0) is 36.5. The van der Waals surface area contributed by atoms with Crippen LogP contribution in [0.15, 0.2) is 200 Å². The zero-order valence-electron chi connectivity index (χ0n) is 30.7.